The number of carbonyl (C=O) groups excluding carboxylic acids is 1. The predicted molar refractivity (Wildman–Crippen MR) is 67.9 cm³/mol. The number of rotatable bonds is 3. The van der Waals surface area contributed by atoms with Crippen LogP contribution < -0.4 is 11.0 Å². The first-order valence-electron chi connectivity index (χ1n) is 6.28. The fourth-order valence-electron chi connectivity index (χ4n) is 2.12. The van der Waals surface area contributed by atoms with Crippen LogP contribution in [0, 0.1) is 0 Å². The summed E-state index contributed by atoms with van der Waals surface area (Å²) in [6.45, 7) is 3.04. The molecule has 1 saturated heterocycles. The lowest BCUT2D eigenvalue weighted by Crippen LogP contribution is -2.33. The fraction of sp³-hybridized carbons (Fsp3) is 0.583. The Hall–Kier alpha value is -1.80. The zero-order valence-corrected chi connectivity index (χ0v) is 11.1. The van der Waals surface area contributed by atoms with Gasteiger partial charge in [0.2, 0.25) is 5.91 Å². The van der Waals surface area contributed by atoms with E-state index in [0.29, 0.717) is 6.42 Å². The van der Waals surface area contributed by atoms with E-state index in [9.17, 15) is 19.1 Å². The molecule has 0 spiro atoms. The van der Waals surface area contributed by atoms with Gasteiger partial charge in [-0.25, -0.2) is 9.18 Å². The Bertz CT molecular complexity index is 562. The molecular weight excluding hydrogens is 269 g/mol. The van der Waals surface area contributed by atoms with Gasteiger partial charge in [-0.1, -0.05) is 6.92 Å². The standard InChI is InChI=1S/C12H16FN3O4/c1-3-7-10(18)9(13)11(20-7)16-5-4-8(14-6(2)17)15-12(16)19/h4-5,7,9-11,18H,3H2,1-2H3,(H,14,15,17,19)/t7-,9?,10+,11-/m1/s1. The van der Waals surface area contributed by atoms with Gasteiger partial charge in [0.25, 0.3) is 0 Å². The molecule has 110 valence electrons. The first-order chi connectivity index (χ1) is 9.43. The molecule has 0 saturated carbocycles. The van der Waals surface area contributed by atoms with Gasteiger partial charge < -0.3 is 15.2 Å². The number of aromatic nitrogens is 2. The Balaban J connectivity index is 2.26. The molecule has 4 atom stereocenters. The smallest absolute Gasteiger partial charge is 0.351 e. The van der Waals surface area contributed by atoms with Gasteiger partial charge in [0.1, 0.15) is 11.9 Å². The maximum absolute atomic E-state index is 14.0. The average molecular weight is 285 g/mol. The van der Waals surface area contributed by atoms with Crippen molar-refractivity contribution in [3.05, 3.63) is 22.7 Å². The van der Waals surface area contributed by atoms with Gasteiger partial charge in [-0.3, -0.25) is 9.36 Å². The zero-order chi connectivity index (χ0) is 14.9. The summed E-state index contributed by atoms with van der Waals surface area (Å²) in [5.74, 6) is -0.281. The van der Waals surface area contributed by atoms with E-state index < -0.39 is 30.3 Å². The van der Waals surface area contributed by atoms with E-state index in [1.54, 1.807) is 6.92 Å². The Morgan fingerprint density at radius 2 is 2.35 bits per heavy atom. The van der Waals surface area contributed by atoms with Crippen molar-refractivity contribution in [1.82, 2.24) is 9.55 Å². The van der Waals surface area contributed by atoms with Crippen LogP contribution in [0.15, 0.2) is 17.1 Å². The van der Waals surface area contributed by atoms with Crippen molar-refractivity contribution in [1.29, 1.82) is 0 Å². The molecule has 1 aliphatic heterocycles. The number of halogens is 1. The number of hydrogen-bond donors (Lipinski definition) is 2. The van der Waals surface area contributed by atoms with E-state index in [2.05, 4.69) is 10.3 Å². The van der Waals surface area contributed by atoms with Gasteiger partial charge in [-0.2, -0.15) is 4.98 Å². The maximum Gasteiger partial charge on any atom is 0.351 e. The number of nitrogens with zero attached hydrogens (tertiary/aromatic N) is 2. The van der Waals surface area contributed by atoms with Crippen molar-refractivity contribution in [3.63, 3.8) is 0 Å². The van der Waals surface area contributed by atoms with Gasteiger partial charge in [0.05, 0.1) is 6.10 Å². The molecule has 1 aromatic rings. The molecule has 7 nitrogen and oxygen atoms in total. The van der Waals surface area contributed by atoms with Gasteiger partial charge in [-0.05, 0) is 12.5 Å². The molecule has 2 heterocycles. The lowest BCUT2D eigenvalue weighted by atomic mass is 10.1. The quantitative estimate of drug-likeness (QED) is 0.828. The molecule has 0 aromatic carbocycles. The number of ether oxygens (including phenoxy) is 1. The van der Waals surface area contributed by atoms with Crippen LogP contribution in [0.3, 0.4) is 0 Å². The minimum absolute atomic E-state index is 0.0831. The van der Waals surface area contributed by atoms with Crippen molar-refractivity contribution in [2.24, 2.45) is 0 Å². The minimum atomic E-state index is -1.70. The molecule has 0 radical (unpaired) electrons. The third-order valence-electron chi connectivity index (χ3n) is 3.10. The van der Waals surface area contributed by atoms with E-state index in [0.717, 1.165) is 4.57 Å². The zero-order valence-electron chi connectivity index (χ0n) is 11.1. The first-order valence-corrected chi connectivity index (χ1v) is 6.28. The van der Waals surface area contributed by atoms with Crippen molar-refractivity contribution >= 4 is 11.7 Å². The number of nitrogens with one attached hydrogen (secondary N) is 1. The number of hydrogen-bond acceptors (Lipinski definition) is 5. The van der Waals surface area contributed by atoms with Crippen molar-refractivity contribution in [3.8, 4) is 0 Å². The molecule has 1 fully saturated rings. The molecular formula is C12H16FN3O4. The molecule has 0 aliphatic carbocycles. The number of aliphatic hydroxyl groups is 1. The topological polar surface area (TPSA) is 93.5 Å². The van der Waals surface area contributed by atoms with E-state index in [-0.39, 0.29) is 11.7 Å². The van der Waals surface area contributed by atoms with Crippen LogP contribution >= 0.6 is 0 Å². The minimum Gasteiger partial charge on any atom is -0.387 e. The van der Waals surface area contributed by atoms with Gasteiger partial charge in [0.15, 0.2) is 12.4 Å². The van der Waals surface area contributed by atoms with Crippen LogP contribution in [0.4, 0.5) is 10.2 Å². The molecule has 1 aliphatic rings. The van der Waals surface area contributed by atoms with E-state index >= 15 is 0 Å². The van der Waals surface area contributed by atoms with Crippen LogP contribution in [0.5, 0.6) is 0 Å². The summed E-state index contributed by atoms with van der Waals surface area (Å²) in [4.78, 5) is 26.3. The monoisotopic (exact) mass is 285 g/mol. The summed E-state index contributed by atoms with van der Waals surface area (Å²) in [5.41, 5.74) is -0.757. The summed E-state index contributed by atoms with van der Waals surface area (Å²) in [6.07, 6.45) is -3.12. The van der Waals surface area contributed by atoms with Crippen molar-refractivity contribution in [2.45, 2.75) is 44.9 Å². The number of amides is 1. The van der Waals surface area contributed by atoms with Crippen LogP contribution in [0.1, 0.15) is 26.5 Å². The summed E-state index contributed by atoms with van der Waals surface area (Å²) in [6, 6.07) is 1.37. The highest BCUT2D eigenvalue weighted by molar-refractivity contribution is 5.87. The maximum atomic E-state index is 14.0. The Labute approximate surface area is 114 Å². The first kappa shape index (κ1) is 14.6. The van der Waals surface area contributed by atoms with Crippen LogP contribution in [0.2, 0.25) is 0 Å². The second-order valence-corrected chi connectivity index (χ2v) is 4.59. The number of anilines is 1. The number of alkyl halides is 1. The third-order valence-corrected chi connectivity index (χ3v) is 3.10. The lowest BCUT2D eigenvalue weighted by Gasteiger charge is -2.15. The van der Waals surface area contributed by atoms with Crippen LogP contribution in [-0.4, -0.2) is 38.9 Å². The molecule has 1 amide bonds. The normalized spacial score (nSPS) is 29.4. The van der Waals surface area contributed by atoms with E-state index in [1.807, 2.05) is 0 Å². The second kappa shape index (κ2) is 5.68. The SMILES string of the molecule is CC[C@H]1O[C@@H](n2ccc(NC(C)=O)nc2=O)C(F)[C@H]1O. The molecule has 1 unspecified atom stereocenters. The average Bonchev–Trinajstić information content (AvgIpc) is 2.66. The summed E-state index contributed by atoms with van der Waals surface area (Å²) in [5, 5.41) is 12.0. The van der Waals surface area contributed by atoms with Crippen molar-refractivity contribution < 1.29 is 19.0 Å². The summed E-state index contributed by atoms with van der Waals surface area (Å²) in [7, 11) is 0. The Kier molecular flexibility index (Phi) is 4.15. The van der Waals surface area contributed by atoms with Gasteiger partial charge in [-0.15, -0.1) is 0 Å². The molecule has 1 aromatic heterocycles. The fourth-order valence-corrected chi connectivity index (χ4v) is 2.12. The highest BCUT2D eigenvalue weighted by Gasteiger charge is 2.44. The van der Waals surface area contributed by atoms with Crippen LogP contribution in [-0.2, 0) is 9.53 Å². The number of aliphatic hydroxyl groups excluding tert-OH is 1. The van der Waals surface area contributed by atoms with Gasteiger partial charge in [0, 0.05) is 13.1 Å². The highest BCUT2D eigenvalue weighted by atomic mass is 19.1. The molecule has 20 heavy (non-hydrogen) atoms. The molecule has 2 rings (SSSR count). The Morgan fingerprint density at radius 1 is 1.65 bits per heavy atom. The third kappa shape index (κ3) is 2.70. The number of carbonyl (C=O) groups is 1. The second-order valence-electron chi connectivity index (χ2n) is 4.59. The summed E-state index contributed by atoms with van der Waals surface area (Å²) < 4.78 is 20.3. The largest absolute Gasteiger partial charge is 0.387 e. The predicted octanol–water partition coefficient (Wildman–Crippen LogP) is 0.208. The van der Waals surface area contributed by atoms with Crippen molar-refractivity contribution in [2.75, 3.05) is 5.32 Å². The highest BCUT2D eigenvalue weighted by Crippen LogP contribution is 2.32. The molecule has 0 bridgehead atoms. The summed E-state index contributed by atoms with van der Waals surface area (Å²) >= 11 is 0. The molecule has 2 N–H and O–H groups in total. The lowest BCUT2D eigenvalue weighted by molar-refractivity contribution is -0.114. The van der Waals surface area contributed by atoms with E-state index in [1.165, 1.54) is 19.2 Å². The van der Waals surface area contributed by atoms with E-state index in [4.69, 9.17) is 4.74 Å². The molecule has 8 heteroatoms. The van der Waals surface area contributed by atoms with Crippen LogP contribution in [0.25, 0.3) is 0 Å². The van der Waals surface area contributed by atoms with Gasteiger partial charge >= 0.3 is 5.69 Å². The Morgan fingerprint density at radius 3 is 2.85 bits per heavy atom.